The molecule has 0 unspecified atom stereocenters. The van der Waals surface area contributed by atoms with Crippen LogP contribution in [0.1, 0.15) is 60.8 Å². The lowest BCUT2D eigenvalue weighted by atomic mass is 10.1. The van der Waals surface area contributed by atoms with E-state index in [9.17, 15) is 9.59 Å². The van der Waals surface area contributed by atoms with E-state index in [0.29, 0.717) is 5.57 Å². The Kier molecular flexibility index (Phi) is 21.9. The first-order valence-corrected chi connectivity index (χ1v) is 6.69. The van der Waals surface area contributed by atoms with Crippen LogP contribution < -0.4 is 0 Å². The van der Waals surface area contributed by atoms with Gasteiger partial charge in [0.2, 0.25) is 0 Å². The molecule has 1 N–H and O–H groups in total. The van der Waals surface area contributed by atoms with Gasteiger partial charge in [-0.1, -0.05) is 52.8 Å². The number of carbonyl (C=O) groups excluding carboxylic acids is 1. The predicted molar refractivity (Wildman–Crippen MR) is 77.8 cm³/mol. The maximum absolute atomic E-state index is 11.4. The van der Waals surface area contributed by atoms with Gasteiger partial charge in [-0.25, -0.2) is 0 Å². The van der Waals surface area contributed by atoms with E-state index in [1.165, 1.54) is 0 Å². The van der Waals surface area contributed by atoms with Crippen molar-refractivity contribution >= 4 is 11.8 Å². The maximum atomic E-state index is 11.4. The Bertz CT molecular complexity index is 263. The molecular weight excluding hydrogens is 228 g/mol. The first-order chi connectivity index (χ1) is 8.61. The van der Waals surface area contributed by atoms with Gasteiger partial charge in [-0.05, 0) is 13.3 Å². The van der Waals surface area contributed by atoms with Crippen molar-refractivity contribution in [2.45, 2.75) is 60.8 Å². The first kappa shape index (κ1) is 21.9. The van der Waals surface area contributed by atoms with E-state index in [4.69, 9.17) is 5.11 Å². The fourth-order valence-corrected chi connectivity index (χ4v) is 0.960. The van der Waals surface area contributed by atoms with Gasteiger partial charge in [0.25, 0.3) is 0 Å². The number of carbonyl (C=O) groups is 2. The zero-order valence-corrected chi connectivity index (χ0v) is 12.6. The Hall–Kier alpha value is -1.38. The summed E-state index contributed by atoms with van der Waals surface area (Å²) in [6.45, 7) is 11.7. The number of aliphatic carboxylic acids is 1. The van der Waals surface area contributed by atoms with Gasteiger partial charge < -0.3 is 5.11 Å². The van der Waals surface area contributed by atoms with Crippen LogP contribution in [0.15, 0.2) is 23.8 Å². The Balaban J connectivity index is -0.000000506. The highest BCUT2D eigenvalue weighted by atomic mass is 16.4. The van der Waals surface area contributed by atoms with Crippen LogP contribution >= 0.6 is 0 Å². The molecule has 0 heterocycles. The van der Waals surface area contributed by atoms with Crippen LogP contribution in [-0.2, 0) is 9.59 Å². The van der Waals surface area contributed by atoms with Crippen molar-refractivity contribution in [1.29, 1.82) is 0 Å². The number of hydrogen-bond donors (Lipinski definition) is 1. The fraction of sp³-hybridized carbons (Fsp3) is 0.600. The number of rotatable bonds is 6. The second-order valence-electron chi connectivity index (χ2n) is 2.87. The standard InChI is InChI=1S/C11H16O3.2C2H6/c1-3-5-6-9(4-2)10(12)7-8-11(13)14;2*1-2/h4-6H,3,7-8H2,1-2H3,(H,13,14);2*1-2H3/b6-5-,9-4+;;. The highest BCUT2D eigenvalue weighted by Gasteiger charge is 2.07. The molecule has 106 valence electrons. The molecule has 0 aromatic carbocycles. The molecule has 0 aliphatic carbocycles. The fourth-order valence-electron chi connectivity index (χ4n) is 0.960. The molecule has 0 aromatic heterocycles. The molecule has 0 amide bonds. The van der Waals surface area contributed by atoms with Crippen molar-refractivity contribution in [2.24, 2.45) is 0 Å². The Labute approximate surface area is 112 Å². The molecule has 0 atom stereocenters. The average Bonchev–Trinajstić information content (AvgIpc) is 2.41. The van der Waals surface area contributed by atoms with E-state index in [2.05, 4.69) is 0 Å². The summed E-state index contributed by atoms with van der Waals surface area (Å²) in [5.41, 5.74) is 0.591. The largest absolute Gasteiger partial charge is 0.481 e. The summed E-state index contributed by atoms with van der Waals surface area (Å²) in [5.74, 6) is -1.05. The van der Waals surface area contributed by atoms with Gasteiger partial charge in [0, 0.05) is 12.0 Å². The van der Waals surface area contributed by atoms with Crippen LogP contribution in [0.5, 0.6) is 0 Å². The average molecular weight is 256 g/mol. The van der Waals surface area contributed by atoms with Crippen LogP contribution in [0, 0.1) is 0 Å². The Morgan fingerprint density at radius 2 is 1.56 bits per heavy atom. The molecule has 3 nitrogen and oxygen atoms in total. The molecule has 0 radical (unpaired) electrons. The molecular formula is C15H28O3. The van der Waals surface area contributed by atoms with E-state index in [0.717, 1.165) is 6.42 Å². The van der Waals surface area contributed by atoms with Crippen molar-refractivity contribution in [3.05, 3.63) is 23.8 Å². The Morgan fingerprint density at radius 3 is 1.89 bits per heavy atom. The minimum Gasteiger partial charge on any atom is -0.481 e. The smallest absolute Gasteiger partial charge is 0.303 e. The quantitative estimate of drug-likeness (QED) is 0.566. The molecule has 0 saturated heterocycles. The highest BCUT2D eigenvalue weighted by molar-refractivity contribution is 5.99. The SMILES string of the molecule is C/C=C(\C=C/CC)C(=O)CCC(=O)O.CC.CC. The van der Waals surface area contributed by atoms with Gasteiger partial charge in [-0.2, -0.15) is 0 Å². The molecule has 0 spiro atoms. The van der Waals surface area contributed by atoms with Gasteiger partial charge in [0.1, 0.15) is 0 Å². The van der Waals surface area contributed by atoms with Crippen molar-refractivity contribution in [3.63, 3.8) is 0 Å². The molecule has 0 aliphatic heterocycles. The summed E-state index contributed by atoms with van der Waals surface area (Å²) in [7, 11) is 0. The van der Waals surface area contributed by atoms with Gasteiger partial charge in [-0.15, -0.1) is 0 Å². The summed E-state index contributed by atoms with van der Waals surface area (Å²) in [4.78, 5) is 21.6. The zero-order chi connectivity index (χ0) is 15.0. The van der Waals surface area contributed by atoms with Gasteiger partial charge in [-0.3, -0.25) is 9.59 Å². The zero-order valence-electron chi connectivity index (χ0n) is 12.6. The lowest BCUT2D eigenvalue weighted by molar-refractivity contribution is -0.138. The lowest BCUT2D eigenvalue weighted by Crippen LogP contribution is -2.04. The summed E-state index contributed by atoms with van der Waals surface area (Å²) >= 11 is 0. The van der Waals surface area contributed by atoms with Crippen LogP contribution in [0.3, 0.4) is 0 Å². The van der Waals surface area contributed by atoms with E-state index < -0.39 is 5.97 Å². The number of Topliss-reactive ketones (excluding diaryl/α,β-unsaturated/α-hetero) is 1. The molecule has 0 aliphatic rings. The molecule has 0 saturated carbocycles. The first-order valence-electron chi connectivity index (χ1n) is 6.69. The van der Waals surface area contributed by atoms with Crippen molar-refractivity contribution < 1.29 is 14.7 Å². The third-order valence-corrected chi connectivity index (χ3v) is 1.73. The summed E-state index contributed by atoms with van der Waals surface area (Å²) in [6.07, 6.45) is 6.16. The van der Waals surface area contributed by atoms with Crippen LogP contribution in [0.4, 0.5) is 0 Å². The summed E-state index contributed by atoms with van der Waals surface area (Å²) in [6, 6.07) is 0. The monoisotopic (exact) mass is 256 g/mol. The van der Waals surface area contributed by atoms with Gasteiger partial charge in [0.15, 0.2) is 5.78 Å². The van der Waals surface area contributed by atoms with Crippen LogP contribution in [0.2, 0.25) is 0 Å². The number of hydrogen-bond acceptors (Lipinski definition) is 2. The molecule has 0 fully saturated rings. The number of allylic oxidation sites excluding steroid dienone is 4. The second-order valence-corrected chi connectivity index (χ2v) is 2.87. The van der Waals surface area contributed by atoms with E-state index in [1.807, 2.05) is 40.7 Å². The third-order valence-electron chi connectivity index (χ3n) is 1.73. The van der Waals surface area contributed by atoms with E-state index in [1.54, 1.807) is 19.1 Å². The number of carboxylic acid groups (broad SMARTS) is 1. The molecule has 0 aromatic rings. The molecule has 0 bridgehead atoms. The van der Waals surface area contributed by atoms with E-state index >= 15 is 0 Å². The van der Waals surface area contributed by atoms with Gasteiger partial charge in [0.05, 0.1) is 6.42 Å². The summed E-state index contributed by atoms with van der Waals surface area (Å²) in [5, 5.41) is 8.40. The molecule has 18 heavy (non-hydrogen) atoms. The minimum absolute atomic E-state index is 0.0725. The number of carboxylic acids is 1. The lowest BCUT2D eigenvalue weighted by Gasteiger charge is -1.98. The number of ketones is 1. The third kappa shape index (κ3) is 14.6. The van der Waals surface area contributed by atoms with Crippen LogP contribution in [0.25, 0.3) is 0 Å². The van der Waals surface area contributed by atoms with Crippen molar-refractivity contribution in [3.8, 4) is 0 Å². The predicted octanol–water partition coefficient (Wildman–Crippen LogP) is 4.39. The minimum atomic E-state index is -0.937. The molecule has 3 heteroatoms. The molecule has 0 rings (SSSR count). The highest BCUT2D eigenvalue weighted by Crippen LogP contribution is 2.05. The topological polar surface area (TPSA) is 54.4 Å². The Morgan fingerprint density at radius 1 is 1.06 bits per heavy atom. The van der Waals surface area contributed by atoms with E-state index in [-0.39, 0.29) is 18.6 Å². The normalized spacial score (nSPS) is 10.0. The summed E-state index contributed by atoms with van der Waals surface area (Å²) < 4.78 is 0. The van der Waals surface area contributed by atoms with Crippen molar-refractivity contribution in [1.82, 2.24) is 0 Å². The second kappa shape index (κ2) is 18.0. The van der Waals surface area contributed by atoms with Crippen LogP contribution in [-0.4, -0.2) is 16.9 Å². The van der Waals surface area contributed by atoms with Crippen molar-refractivity contribution in [2.75, 3.05) is 0 Å². The van der Waals surface area contributed by atoms with Gasteiger partial charge >= 0.3 is 5.97 Å². The maximum Gasteiger partial charge on any atom is 0.303 e.